The van der Waals surface area contributed by atoms with Gasteiger partial charge >= 0.3 is 0 Å². The normalized spacial score (nSPS) is 20.0. The number of hydrogen-bond acceptors (Lipinski definition) is 10. The number of aliphatic hydroxyl groups is 1. The number of aliphatic hydroxyl groups excluding tert-OH is 1. The number of ether oxygens (including phenoxy) is 2. The molecule has 2 aliphatic heterocycles. The molecular formula is C36H51N5O9S. The third-order valence-electron chi connectivity index (χ3n) is 8.18. The van der Waals surface area contributed by atoms with Gasteiger partial charge in [0.1, 0.15) is 12.1 Å². The van der Waals surface area contributed by atoms with E-state index in [4.69, 9.17) is 9.47 Å². The van der Waals surface area contributed by atoms with Crippen molar-refractivity contribution in [3.05, 3.63) is 45.6 Å². The number of Topliss-reactive ketones (excluding diaryl/α,β-unsaturated/α-hetero) is 1. The summed E-state index contributed by atoms with van der Waals surface area (Å²) >= 11 is 1.12. The lowest BCUT2D eigenvalue weighted by atomic mass is 10.0. The first-order valence-electron chi connectivity index (χ1n) is 17.3. The Labute approximate surface area is 303 Å². The number of amides is 5. The van der Waals surface area contributed by atoms with Gasteiger partial charge in [-0.2, -0.15) is 0 Å². The highest BCUT2D eigenvalue weighted by Gasteiger charge is 2.30. The minimum Gasteiger partial charge on any atom is -0.493 e. The maximum Gasteiger partial charge on any atom is 0.263 e. The summed E-state index contributed by atoms with van der Waals surface area (Å²) in [5.74, 6) is -1.46. The Bertz CT molecular complexity index is 1530. The number of hydrogen-bond donors (Lipinski definition) is 5. The van der Waals surface area contributed by atoms with E-state index in [1.165, 1.54) is 21.0 Å². The first-order chi connectivity index (χ1) is 24.3. The van der Waals surface area contributed by atoms with Gasteiger partial charge in [-0.25, -0.2) is 0 Å². The Morgan fingerprint density at radius 2 is 1.63 bits per heavy atom. The summed E-state index contributed by atoms with van der Waals surface area (Å²) in [6, 6.07) is 6.20. The minimum atomic E-state index is -1.25. The average Bonchev–Trinajstić information content (AvgIpc) is 3.59. The molecule has 0 spiro atoms. The van der Waals surface area contributed by atoms with Crippen LogP contribution in [0.2, 0.25) is 0 Å². The van der Waals surface area contributed by atoms with Gasteiger partial charge in [-0.05, 0) is 81.7 Å². The fourth-order valence-corrected chi connectivity index (χ4v) is 6.30. The third-order valence-corrected chi connectivity index (χ3v) is 9.36. The smallest absolute Gasteiger partial charge is 0.263 e. The molecule has 5 N–H and O–H groups in total. The molecule has 2 aliphatic rings. The van der Waals surface area contributed by atoms with E-state index in [-0.39, 0.29) is 55.5 Å². The molecule has 51 heavy (non-hydrogen) atoms. The van der Waals surface area contributed by atoms with Crippen LogP contribution in [0.3, 0.4) is 0 Å². The molecule has 2 aromatic rings. The number of nitrogens with one attached hydrogen (secondary N) is 4. The van der Waals surface area contributed by atoms with E-state index < -0.39 is 30.0 Å². The summed E-state index contributed by atoms with van der Waals surface area (Å²) < 4.78 is 11.2. The summed E-state index contributed by atoms with van der Waals surface area (Å²) in [4.78, 5) is 79.8. The fraction of sp³-hybridized carbons (Fsp3) is 0.556. The van der Waals surface area contributed by atoms with Crippen molar-refractivity contribution in [2.75, 3.05) is 39.9 Å². The van der Waals surface area contributed by atoms with Crippen LogP contribution in [0.1, 0.15) is 84.7 Å². The van der Waals surface area contributed by atoms with Crippen LogP contribution < -0.4 is 30.7 Å². The Morgan fingerprint density at radius 3 is 2.29 bits per heavy atom. The second kappa shape index (κ2) is 20.4. The number of benzene rings is 1. The number of fused-ring (bicyclic) bond motifs is 23. The molecule has 14 nitrogen and oxygen atoms in total. The highest BCUT2D eigenvalue weighted by molar-refractivity contribution is 7.15. The Morgan fingerprint density at radius 1 is 0.922 bits per heavy atom. The summed E-state index contributed by atoms with van der Waals surface area (Å²) in [7, 11) is 1.47. The van der Waals surface area contributed by atoms with Crippen molar-refractivity contribution in [1.82, 2.24) is 26.2 Å². The van der Waals surface area contributed by atoms with Crippen molar-refractivity contribution in [2.24, 2.45) is 5.92 Å². The van der Waals surface area contributed by atoms with Crippen LogP contribution in [-0.4, -0.2) is 103 Å². The van der Waals surface area contributed by atoms with Crippen LogP contribution in [0, 0.1) is 5.92 Å². The molecule has 0 fully saturated rings. The number of carbonyl (C=O) groups is 6. The summed E-state index contributed by atoms with van der Waals surface area (Å²) in [6.07, 6.45) is 0.979. The van der Waals surface area contributed by atoms with Crippen LogP contribution in [0.15, 0.2) is 30.3 Å². The van der Waals surface area contributed by atoms with Crippen molar-refractivity contribution in [3.63, 3.8) is 0 Å². The van der Waals surface area contributed by atoms with Crippen molar-refractivity contribution in [2.45, 2.75) is 84.4 Å². The van der Waals surface area contributed by atoms with Gasteiger partial charge in [0.25, 0.3) is 11.8 Å². The largest absolute Gasteiger partial charge is 0.493 e. The molecule has 5 amide bonds. The van der Waals surface area contributed by atoms with E-state index in [9.17, 15) is 33.9 Å². The predicted molar refractivity (Wildman–Crippen MR) is 192 cm³/mol. The molecule has 1 aromatic heterocycles. The lowest BCUT2D eigenvalue weighted by molar-refractivity contribution is -0.134. The molecule has 0 radical (unpaired) electrons. The Balaban J connectivity index is 1.79. The maximum absolute atomic E-state index is 13.4. The van der Waals surface area contributed by atoms with Crippen LogP contribution in [-0.2, 0) is 25.6 Å². The zero-order chi connectivity index (χ0) is 37.5. The SMILES string of the molecule is COc1cc2ccc1OCC(=O)NCCCN(C(=O)c1ccc(C(C)=O)s1)CCCCNC(=O)[C@H]([C@@H](C)O)NC(=O)[C@@H](CC(C)C)NC(=O)CC2. The van der Waals surface area contributed by atoms with Crippen molar-refractivity contribution in [3.8, 4) is 11.5 Å². The number of rotatable bonds is 6. The minimum absolute atomic E-state index is 0.0431. The maximum atomic E-state index is 13.4. The number of carbonyl (C=O) groups excluding carboxylic acids is 6. The monoisotopic (exact) mass is 729 g/mol. The van der Waals surface area contributed by atoms with Gasteiger partial charge in [-0.15, -0.1) is 11.3 Å². The number of methoxy groups -OCH3 is 1. The molecule has 0 aliphatic carbocycles. The first-order valence-corrected chi connectivity index (χ1v) is 18.1. The average molecular weight is 730 g/mol. The standard InChI is InChI=1S/C36H51N5O9S/c1-22(2)19-26-34(46)40-33(24(4)43)35(47)38-15-6-7-17-41(36(48)30-13-12-29(51-30)23(3)42)18-8-16-37-32(45)21-50-27-11-9-25(20-28(27)49-5)10-14-31(44)39-26/h9,11-13,20,22,24,26,33,43H,6-8,10,14-19,21H2,1-5H3,(H,37,45)(H,38,47)(H,39,44)(H,40,46)/t24-,26-,33+/m1/s1. The fourth-order valence-electron chi connectivity index (χ4n) is 5.43. The molecule has 3 heterocycles. The lowest BCUT2D eigenvalue weighted by Gasteiger charge is -2.26. The highest BCUT2D eigenvalue weighted by Crippen LogP contribution is 2.28. The van der Waals surface area contributed by atoms with E-state index in [1.807, 2.05) is 13.8 Å². The van der Waals surface area contributed by atoms with Crippen LogP contribution in [0.25, 0.3) is 0 Å². The van der Waals surface area contributed by atoms with E-state index >= 15 is 0 Å². The summed E-state index contributed by atoms with van der Waals surface area (Å²) in [5, 5.41) is 21.4. The molecule has 0 saturated heterocycles. The number of thiophene rings is 1. The Hall–Kier alpha value is -4.50. The lowest BCUT2D eigenvalue weighted by Crippen LogP contribution is -2.57. The second-order valence-corrected chi connectivity index (χ2v) is 14.0. The van der Waals surface area contributed by atoms with Crippen LogP contribution in [0.5, 0.6) is 11.5 Å². The zero-order valence-corrected chi connectivity index (χ0v) is 30.9. The van der Waals surface area contributed by atoms with E-state index in [0.29, 0.717) is 66.4 Å². The Kier molecular flexibility index (Phi) is 16.3. The van der Waals surface area contributed by atoms with Crippen LogP contribution >= 0.6 is 11.3 Å². The van der Waals surface area contributed by atoms with Crippen LogP contribution in [0.4, 0.5) is 0 Å². The highest BCUT2D eigenvalue weighted by atomic mass is 32.1. The molecule has 15 heteroatoms. The van der Waals surface area contributed by atoms with Crippen molar-refractivity contribution in [1.29, 1.82) is 0 Å². The molecular weight excluding hydrogens is 678 g/mol. The predicted octanol–water partition coefficient (Wildman–Crippen LogP) is 2.23. The van der Waals surface area contributed by atoms with E-state index in [2.05, 4.69) is 21.3 Å². The van der Waals surface area contributed by atoms with E-state index in [0.717, 1.165) is 16.9 Å². The second-order valence-electron chi connectivity index (χ2n) is 13.0. The molecule has 280 valence electrons. The van der Waals surface area contributed by atoms with Gasteiger partial charge in [0.05, 0.1) is 23.0 Å². The molecule has 0 saturated carbocycles. The third kappa shape index (κ3) is 13.3. The quantitative estimate of drug-likeness (QED) is 0.219. The number of ketones is 1. The van der Waals surface area contributed by atoms with Gasteiger partial charge in [0.2, 0.25) is 17.7 Å². The van der Waals surface area contributed by atoms with Gasteiger partial charge in [-0.1, -0.05) is 19.9 Å². The molecule has 4 rings (SSSR count). The van der Waals surface area contributed by atoms with Gasteiger partial charge in [0, 0.05) is 32.6 Å². The molecule has 1 aromatic carbocycles. The van der Waals surface area contributed by atoms with Gasteiger partial charge < -0.3 is 40.7 Å². The topological polar surface area (TPSA) is 192 Å². The molecule has 2 bridgehead atoms. The number of nitrogens with zero attached hydrogens (tertiary/aromatic N) is 1. The first kappa shape index (κ1) is 40.9. The summed E-state index contributed by atoms with van der Waals surface area (Å²) in [5.41, 5.74) is 0.773. The number of aryl methyl sites for hydroxylation is 1. The van der Waals surface area contributed by atoms with Crippen molar-refractivity contribution >= 4 is 46.7 Å². The van der Waals surface area contributed by atoms with Gasteiger partial charge in [0.15, 0.2) is 23.9 Å². The van der Waals surface area contributed by atoms with E-state index in [1.54, 1.807) is 35.2 Å². The zero-order valence-electron chi connectivity index (χ0n) is 30.0. The molecule has 0 unspecified atom stereocenters. The van der Waals surface area contributed by atoms with Gasteiger partial charge in [-0.3, -0.25) is 28.8 Å². The van der Waals surface area contributed by atoms with Crippen molar-refractivity contribution < 1.29 is 43.3 Å². The molecule has 3 atom stereocenters. The summed E-state index contributed by atoms with van der Waals surface area (Å²) in [6.45, 7) is 7.59.